The zero-order valence-corrected chi connectivity index (χ0v) is 10.5. The smallest absolute Gasteiger partial charge is 0.335 e. The number of anilines is 2. The van der Waals surface area contributed by atoms with Crippen molar-refractivity contribution in [1.82, 2.24) is 15.2 Å². The topological polar surface area (TPSA) is 117 Å². The van der Waals surface area contributed by atoms with Crippen LogP contribution in [0.4, 0.5) is 16.4 Å². The van der Waals surface area contributed by atoms with Gasteiger partial charge in [-0.05, 0) is 30.7 Å². The highest BCUT2D eigenvalue weighted by Crippen LogP contribution is 2.15. The van der Waals surface area contributed by atoms with Crippen LogP contribution in [0.2, 0.25) is 0 Å². The van der Waals surface area contributed by atoms with Gasteiger partial charge in [-0.15, -0.1) is 5.10 Å². The zero-order valence-electron chi connectivity index (χ0n) is 10.5. The first kappa shape index (κ1) is 13.4. The molecule has 0 unspecified atom stereocenters. The number of nitrogens with zero attached hydrogens (tertiary/aromatic N) is 3. The van der Waals surface area contributed by atoms with E-state index in [1.807, 2.05) is 0 Å². The van der Waals surface area contributed by atoms with Crippen molar-refractivity contribution in [3.8, 4) is 0 Å². The largest absolute Gasteiger partial charge is 0.478 e. The summed E-state index contributed by atoms with van der Waals surface area (Å²) in [5.74, 6) is -0.939. The number of hydrogen-bond acceptors (Lipinski definition) is 5. The van der Waals surface area contributed by atoms with Crippen LogP contribution < -0.4 is 10.6 Å². The number of benzene rings is 1. The Labute approximate surface area is 113 Å². The van der Waals surface area contributed by atoms with Crippen LogP contribution in [0, 0.1) is 6.92 Å². The van der Waals surface area contributed by atoms with Crippen LogP contribution in [0.5, 0.6) is 0 Å². The Bertz CT molecular complexity index is 645. The minimum atomic E-state index is -1.01. The first-order valence-electron chi connectivity index (χ1n) is 5.62. The number of carbonyl (C=O) groups excluding carboxylic acids is 1. The summed E-state index contributed by atoms with van der Waals surface area (Å²) in [7, 11) is 0. The molecule has 0 aliphatic carbocycles. The summed E-state index contributed by atoms with van der Waals surface area (Å²) in [4.78, 5) is 26.3. The lowest BCUT2D eigenvalue weighted by atomic mass is 10.1. The van der Waals surface area contributed by atoms with E-state index < -0.39 is 12.0 Å². The van der Waals surface area contributed by atoms with Gasteiger partial charge in [-0.25, -0.2) is 14.6 Å². The number of aryl methyl sites for hydroxylation is 1. The molecule has 0 atom stereocenters. The van der Waals surface area contributed by atoms with Crippen molar-refractivity contribution in [2.45, 2.75) is 6.92 Å². The number of nitrogens with one attached hydrogen (secondary N) is 2. The second-order valence-corrected chi connectivity index (χ2v) is 3.88. The van der Waals surface area contributed by atoms with E-state index in [2.05, 4.69) is 25.8 Å². The quantitative estimate of drug-likeness (QED) is 0.780. The van der Waals surface area contributed by atoms with Gasteiger partial charge < -0.3 is 10.4 Å². The number of aromatic carboxylic acids is 1. The van der Waals surface area contributed by atoms with E-state index in [4.69, 9.17) is 5.11 Å². The lowest BCUT2D eigenvalue weighted by molar-refractivity contribution is 0.0696. The Balaban J connectivity index is 2.05. The number of aromatic nitrogens is 3. The Kier molecular flexibility index (Phi) is 3.85. The Morgan fingerprint density at radius 1 is 1.20 bits per heavy atom. The van der Waals surface area contributed by atoms with Crippen molar-refractivity contribution in [2.75, 3.05) is 10.6 Å². The van der Waals surface area contributed by atoms with Crippen molar-refractivity contribution >= 4 is 23.6 Å². The van der Waals surface area contributed by atoms with E-state index >= 15 is 0 Å². The third-order valence-corrected chi connectivity index (χ3v) is 2.42. The third kappa shape index (κ3) is 3.25. The number of carbonyl (C=O) groups is 2. The molecule has 8 heteroatoms. The zero-order chi connectivity index (χ0) is 14.5. The van der Waals surface area contributed by atoms with Crippen LogP contribution in [0.15, 0.2) is 30.6 Å². The molecule has 0 radical (unpaired) electrons. The third-order valence-electron chi connectivity index (χ3n) is 2.42. The van der Waals surface area contributed by atoms with Crippen LogP contribution >= 0.6 is 0 Å². The maximum atomic E-state index is 11.7. The normalized spacial score (nSPS) is 9.85. The highest BCUT2D eigenvalue weighted by atomic mass is 16.4. The molecular weight excluding hydrogens is 262 g/mol. The molecule has 2 rings (SSSR count). The molecule has 0 fully saturated rings. The molecule has 0 aliphatic rings. The van der Waals surface area contributed by atoms with E-state index in [9.17, 15) is 9.59 Å². The molecule has 0 aliphatic heterocycles. The van der Waals surface area contributed by atoms with Crippen LogP contribution in [-0.4, -0.2) is 32.3 Å². The van der Waals surface area contributed by atoms with E-state index in [1.54, 1.807) is 13.0 Å². The van der Waals surface area contributed by atoms with Crippen molar-refractivity contribution < 1.29 is 14.7 Å². The molecule has 1 aromatic heterocycles. The number of carboxylic acid groups (broad SMARTS) is 1. The summed E-state index contributed by atoms with van der Waals surface area (Å²) in [6, 6.07) is 3.95. The summed E-state index contributed by atoms with van der Waals surface area (Å²) >= 11 is 0. The average molecular weight is 273 g/mol. The molecular formula is C12H11N5O3. The lowest BCUT2D eigenvalue weighted by Gasteiger charge is -2.08. The van der Waals surface area contributed by atoms with Gasteiger partial charge in [0, 0.05) is 5.69 Å². The summed E-state index contributed by atoms with van der Waals surface area (Å²) < 4.78 is 0. The molecule has 102 valence electrons. The van der Waals surface area contributed by atoms with Crippen LogP contribution in [0.25, 0.3) is 0 Å². The van der Waals surface area contributed by atoms with Gasteiger partial charge in [0.15, 0.2) is 0 Å². The number of amides is 2. The molecule has 0 saturated carbocycles. The summed E-state index contributed by atoms with van der Waals surface area (Å²) in [6.45, 7) is 1.65. The van der Waals surface area contributed by atoms with Crippen molar-refractivity contribution in [1.29, 1.82) is 0 Å². The molecule has 20 heavy (non-hydrogen) atoms. The van der Waals surface area contributed by atoms with Crippen LogP contribution in [-0.2, 0) is 0 Å². The first-order chi connectivity index (χ1) is 9.56. The molecule has 0 bridgehead atoms. The molecule has 2 amide bonds. The van der Waals surface area contributed by atoms with Gasteiger partial charge in [0.1, 0.15) is 0 Å². The lowest BCUT2D eigenvalue weighted by Crippen LogP contribution is -2.21. The fourth-order valence-electron chi connectivity index (χ4n) is 1.55. The minimum Gasteiger partial charge on any atom is -0.478 e. The minimum absolute atomic E-state index is 0.0730. The Morgan fingerprint density at radius 2 is 2.00 bits per heavy atom. The van der Waals surface area contributed by atoms with Gasteiger partial charge in [0.05, 0.1) is 18.0 Å². The van der Waals surface area contributed by atoms with E-state index in [-0.39, 0.29) is 11.5 Å². The van der Waals surface area contributed by atoms with Crippen LogP contribution in [0.3, 0.4) is 0 Å². The van der Waals surface area contributed by atoms with Gasteiger partial charge in [-0.1, -0.05) is 0 Å². The van der Waals surface area contributed by atoms with Gasteiger partial charge in [-0.3, -0.25) is 5.32 Å². The predicted octanol–water partition coefficient (Wildman–Crippen LogP) is 1.52. The summed E-state index contributed by atoms with van der Waals surface area (Å²) in [5.41, 5.74) is 1.20. The van der Waals surface area contributed by atoms with Gasteiger partial charge >= 0.3 is 12.0 Å². The molecule has 0 spiro atoms. The second kappa shape index (κ2) is 5.74. The highest BCUT2D eigenvalue weighted by molar-refractivity contribution is 5.99. The Hall–Kier alpha value is -3.03. The molecule has 2 aromatic rings. The van der Waals surface area contributed by atoms with Gasteiger partial charge in [0.25, 0.3) is 5.95 Å². The number of hydrogen-bond donors (Lipinski definition) is 3. The van der Waals surface area contributed by atoms with E-state index in [1.165, 1.54) is 24.5 Å². The van der Waals surface area contributed by atoms with Gasteiger partial charge in [-0.2, -0.15) is 5.10 Å². The first-order valence-corrected chi connectivity index (χ1v) is 5.62. The average Bonchev–Trinajstić information content (AvgIpc) is 2.39. The SMILES string of the molecule is Cc1cc(NC(=O)Nc2nccnn2)ccc1C(=O)O. The number of rotatable bonds is 3. The molecule has 1 heterocycles. The molecule has 8 nitrogen and oxygen atoms in total. The highest BCUT2D eigenvalue weighted by Gasteiger charge is 2.09. The standard InChI is InChI=1S/C12H11N5O3/c1-7-6-8(2-3-9(7)10(18)19)15-12(20)16-11-13-4-5-14-17-11/h2-6H,1H3,(H,18,19)(H2,13,15,16,17,20). The molecule has 1 aromatic carbocycles. The monoisotopic (exact) mass is 273 g/mol. The number of urea groups is 1. The van der Waals surface area contributed by atoms with E-state index in [0.29, 0.717) is 11.3 Å². The maximum absolute atomic E-state index is 11.7. The van der Waals surface area contributed by atoms with Crippen molar-refractivity contribution in [3.05, 3.63) is 41.7 Å². The van der Waals surface area contributed by atoms with E-state index in [0.717, 1.165) is 0 Å². The predicted molar refractivity (Wildman–Crippen MR) is 70.6 cm³/mol. The molecule has 3 N–H and O–H groups in total. The van der Waals surface area contributed by atoms with Crippen LogP contribution in [0.1, 0.15) is 15.9 Å². The van der Waals surface area contributed by atoms with Crippen molar-refractivity contribution in [2.24, 2.45) is 0 Å². The fraction of sp³-hybridized carbons (Fsp3) is 0.0833. The second-order valence-electron chi connectivity index (χ2n) is 3.88. The van der Waals surface area contributed by atoms with Gasteiger partial charge in [0.2, 0.25) is 0 Å². The number of carboxylic acids is 1. The summed E-state index contributed by atoms with van der Waals surface area (Å²) in [6.07, 6.45) is 2.78. The summed E-state index contributed by atoms with van der Waals surface area (Å²) in [5, 5.41) is 21.0. The fourth-order valence-corrected chi connectivity index (χ4v) is 1.55. The molecule has 0 saturated heterocycles. The Morgan fingerprint density at radius 3 is 2.60 bits per heavy atom. The maximum Gasteiger partial charge on any atom is 0.335 e. The van der Waals surface area contributed by atoms with Crippen molar-refractivity contribution in [3.63, 3.8) is 0 Å².